The van der Waals surface area contributed by atoms with Crippen molar-refractivity contribution in [2.24, 2.45) is 5.92 Å². The number of oxazole rings is 1. The first-order chi connectivity index (χ1) is 5.89. The summed E-state index contributed by atoms with van der Waals surface area (Å²) in [6, 6.07) is 0. The molecule has 0 aliphatic heterocycles. The maximum Gasteiger partial charge on any atom is 0.335 e. The van der Waals surface area contributed by atoms with Crippen molar-refractivity contribution < 1.29 is 8.98 Å². The van der Waals surface area contributed by atoms with Gasteiger partial charge in [0.2, 0.25) is 6.20 Å². The summed E-state index contributed by atoms with van der Waals surface area (Å²) in [5.74, 6) is 1.73. The van der Waals surface area contributed by atoms with Crippen molar-refractivity contribution in [3.05, 3.63) is 18.4 Å². The molecule has 1 rings (SSSR count). The molecule has 0 aliphatic rings. The Labute approximate surface area is 80.6 Å². The van der Waals surface area contributed by atoms with Gasteiger partial charge in [-0.3, -0.25) is 0 Å². The molecule has 2 heteroatoms. The molecule has 0 spiro atoms. The zero-order chi connectivity index (χ0) is 10.1. The molecule has 1 heterocycles. The van der Waals surface area contributed by atoms with Crippen LogP contribution in [0.15, 0.2) is 17.0 Å². The van der Waals surface area contributed by atoms with Crippen LogP contribution in [-0.4, -0.2) is 0 Å². The zero-order valence-electron chi connectivity index (χ0n) is 9.29. The van der Waals surface area contributed by atoms with Crippen molar-refractivity contribution in [2.45, 2.75) is 46.6 Å². The van der Waals surface area contributed by atoms with Gasteiger partial charge in [-0.2, -0.15) is 4.57 Å². The average Bonchev–Trinajstić information content (AvgIpc) is 2.32. The van der Waals surface area contributed by atoms with Crippen LogP contribution >= 0.6 is 0 Å². The molecule has 13 heavy (non-hydrogen) atoms. The fourth-order valence-electron chi connectivity index (χ4n) is 1.20. The minimum absolute atomic E-state index is 0.124. The summed E-state index contributed by atoms with van der Waals surface area (Å²) in [6.45, 7) is 10.9. The molecule has 0 N–H and O–H groups in total. The quantitative estimate of drug-likeness (QED) is 0.642. The van der Waals surface area contributed by atoms with Crippen LogP contribution in [0.1, 0.15) is 40.4 Å². The van der Waals surface area contributed by atoms with Crippen molar-refractivity contribution >= 4 is 0 Å². The maximum absolute atomic E-state index is 5.46. The first-order valence-electron chi connectivity index (χ1n) is 4.89. The number of hydrogen-bond donors (Lipinski definition) is 0. The molecule has 0 aliphatic carbocycles. The van der Waals surface area contributed by atoms with Gasteiger partial charge in [-0.05, 0) is 5.92 Å². The number of hydrogen-bond acceptors (Lipinski definition) is 1. The number of rotatable bonds is 2. The van der Waals surface area contributed by atoms with Gasteiger partial charge in [-0.25, -0.2) is 0 Å². The molecular weight excluding hydrogens is 162 g/mol. The molecule has 74 valence electrons. The Morgan fingerprint density at radius 1 is 1.38 bits per heavy atom. The van der Waals surface area contributed by atoms with Crippen LogP contribution in [-0.2, 0) is 12.0 Å². The Kier molecular flexibility index (Phi) is 2.79. The van der Waals surface area contributed by atoms with Crippen molar-refractivity contribution in [1.29, 1.82) is 0 Å². The summed E-state index contributed by atoms with van der Waals surface area (Å²) in [5.41, 5.74) is 0.124. The van der Waals surface area contributed by atoms with Crippen molar-refractivity contribution in [3.63, 3.8) is 0 Å². The van der Waals surface area contributed by atoms with E-state index in [9.17, 15) is 0 Å². The third kappa shape index (κ3) is 2.87. The molecule has 0 atom stereocenters. The Hall–Kier alpha value is -0.790. The van der Waals surface area contributed by atoms with Crippen LogP contribution in [0.5, 0.6) is 0 Å². The zero-order valence-corrected chi connectivity index (χ0v) is 9.29. The molecule has 0 radical (unpaired) electrons. The van der Waals surface area contributed by atoms with E-state index in [1.165, 1.54) is 0 Å². The molecule has 0 saturated carbocycles. The lowest BCUT2D eigenvalue weighted by molar-refractivity contribution is -0.756. The summed E-state index contributed by atoms with van der Waals surface area (Å²) in [5, 5.41) is 0. The van der Waals surface area contributed by atoms with Gasteiger partial charge in [0, 0.05) is 27.2 Å². The highest BCUT2D eigenvalue weighted by molar-refractivity contribution is 4.85. The van der Waals surface area contributed by atoms with Gasteiger partial charge in [0.1, 0.15) is 0 Å². The number of nitrogens with zero attached hydrogens (tertiary/aromatic N) is 1. The topological polar surface area (TPSA) is 17.0 Å². The van der Waals surface area contributed by atoms with E-state index in [0.29, 0.717) is 5.92 Å². The Balaban J connectivity index is 2.75. The van der Waals surface area contributed by atoms with Gasteiger partial charge in [-0.15, -0.1) is 0 Å². The Bertz CT molecular complexity index is 268. The average molecular weight is 182 g/mol. The molecule has 0 amide bonds. The van der Waals surface area contributed by atoms with Crippen molar-refractivity contribution in [1.82, 2.24) is 0 Å². The highest BCUT2D eigenvalue weighted by Crippen LogP contribution is 2.09. The molecule has 0 aromatic carbocycles. The van der Waals surface area contributed by atoms with E-state index in [4.69, 9.17) is 4.42 Å². The molecule has 0 fully saturated rings. The third-order valence-electron chi connectivity index (χ3n) is 1.98. The van der Waals surface area contributed by atoms with Crippen molar-refractivity contribution in [2.75, 3.05) is 0 Å². The molecule has 2 nitrogen and oxygen atoms in total. The lowest BCUT2D eigenvalue weighted by Crippen LogP contribution is -2.48. The summed E-state index contributed by atoms with van der Waals surface area (Å²) in [6.07, 6.45) is 4.92. The van der Waals surface area contributed by atoms with Crippen molar-refractivity contribution in [3.8, 4) is 0 Å². The Morgan fingerprint density at radius 3 is 2.38 bits per heavy atom. The van der Waals surface area contributed by atoms with Crippen LogP contribution in [0.25, 0.3) is 0 Å². The fourth-order valence-corrected chi connectivity index (χ4v) is 1.20. The highest BCUT2D eigenvalue weighted by atomic mass is 16.3. The second kappa shape index (κ2) is 3.52. The van der Waals surface area contributed by atoms with E-state index >= 15 is 0 Å². The van der Waals surface area contributed by atoms with Gasteiger partial charge in [-0.1, -0.05) is 13.8 Å². The van der Waals surface area contributed by atoms with E-state index in [1.807, 2.05) is 0 Å². The van der Waals surface area contributed by atoms with Gasteiger partial charge >= 0.3 is 6.39 Å². The molecule has 0 unspecified atom stereocenters. The maximum atomic E-state index is 5.46. The summed E-state index contributed by atoms with van der Waals surface area (Å²) in [4.78, 5) is 0. The van der Waals surface area contributed by atoms with E-state index in [-0.39, 0.29) is 5.54 Å². The minimum atomic E-state index is 0.124. The minimum Gasteiger partial charge on any atom is -0.409 e. The normalized spacial score (nSPS) is 12.5. The standard InChI is InChI=1S/C11H20NO/c1-9(2)6-10-7-12(8-13-10)11(3,4)5/h7-9H,6H2,1-5H3/q+1. The lowest BCUT2D eigenvalue weighted by Gasteiger charge is -2.07. The first-order valence-corrected chi connectivity index (χ1v) is 4.89. The second-order valence-corrected chi connectivity index (χ2v) is 4.99. The lowest BCUT2D eigenvalue weighted by atomic mass is 10.1. The summed E-state index contributed by atoms with van der Waals surface area (Å²) >= 11 is 0. The van der Waals surface area contributed by atoms with Gasteiger partial charge in [0.15, 0.2) is 11.3 Å². The molecule has 1 aromatic heterocycles. The van der Waals surface area contributed by atoms with Gasteiger partial charge in [0.25, 0.3) is 0 Å². The summed E-state index contributed by atoms with van der Waals surface area (Å²) < 4.78 is 7.58. The van der Waals surface area contributed by atoms with Crippen LogP contribution in [0.4, 0.5) is 0 Å². The molecule has 1 aromatic rings. The van der Waals surface area contributed by atoms with Gasteiger partial charge in [0.05, 0.1) is 0 Å². The van der Waals surface area contributed by atoms with E-state index in [0.717, 1.165) is 12.2 Å². The summed E-state index contributed by atoms with van der Waals surface area (Å²) in [7, 11) is 0. The molecular formula is C11H20NO+. The predicted octanol–water partition coefficient (Wildman–Crippen LogP) is 2.52. The monoisotopic (exact) mass is 182 g/mol. The Morgan fingerprint density at radius 2 is 2.00 bits per heavy atom. The predicted molar refractivity (Wildman–Crippen MR) is 52.4 cm³/mol. The SMILES string of the molecule is CC(C)Cc1c[n+](C(C)(C)C)co1. The smallest absolute Gasteiger partial charge is 0.335 e. The largest absolute Gasteiger partial charge is 0.409 e. The van der Waals surface area contributed by atoms with E-state index in [2.05, 4.69) is 45.4 Å². The van der Waals surface area contributed by atoms with Gasteiger partial charge < -0.3 is 4.42 Å². The van der Waals surface area contributed by atoms with Crippen LogP contribution in [0, 0.1) is 5.92 Å². The van der Waals surface area contributed by atoms with E-state index < -0.39 is 0 Å². The highest BCUT2D eigenvalue weighted by Gasteiger charge is 2.24. The number of aromatic nitrogens is 1. The van der Waals surface area contributed by atoms with E-state index in [1.54, 1.807) is 6.39 Å². The second-order valence-electron chi connectivity index (χ2n) is 4.99. The molecule has 0 bridgehead atoms. The van der Waals surface area contributed by atoms with Crippen LogP contribution in [0.3, 0.4) is 0 Å². The molecule has 0 saturated heterocycles. The first kappa shape index (κ1) is 10.3. The van der Waals surface area contributed by atoms with Crippen LogP contribution in [0.2, 0.25) is 0 Å². The fraction of sp³-hybridized carbons (Fsp3) is 0.727. The third-order valence-corrected chi connectivity index (χ3v) is 1.98. The van der Waals surface area contributed by atoms with Crippen LogP contribution < -0.4 is 4.57 Å².